The minimum Gasteiger partial charge on any atom is -0.393 e. The number of hydrogen-bond donors (Lipinski definition) is 1. The number of likely N-dealkylation sites (N-methyl/N-ethyl adjacent to an activating group) is 1. The second-order valence-corrected chi connectivity index (χ2v) is 5.27. The zero-order valence-electron chi connectivity index (χ0n) is 12.0. The highest BCUT2D eigenvalue weighted by molar-refractivity contribution is 5.90. The molecule has 0 saturated heterocycles. The first-order valence-electron chi connectivity index (χ1n) is 6.96. The molecule has 2 aromatic rings. The van der Waals surface area contributed by atoms with Gasteiger partial charge in [0.1, 0.15) is 0 Å². The Kier molecular flexibility index (Phi) is 4.74. The van der Waals surface area contributed by atoms with E-state index < -0.39 is 0 Å². The van der Waals surface area contributed by atoms with Crippen LogP contribution in [-0.4, -0.2) is 35.6 Å². The Hall–Kier alpha value is -1.87. The molecule has 0 radical (unpaired) electrons. The lowest BCUT2D eigenvalue weighted by molar-refractivity contribution is -0.129. The van der Waals surface area contributed by atoms with Crippen LogP contribution in [0.5, 0.6) is 0 Å². The number of carbonyl (C=O) groups is 1. The van der Waals surface area contributed by atoms with Gasteiger partial charge in [0, 0.05) is 13.6 Å². The molecule has 0 aliphatic rings. The SMILES string of the molecule is CC(O)CCN(C)C(=O)Cc1cccc2ccccc12. The third-order valence-electron chi connectivity index (χ3n) is 3.53. The summed E-state index contributed by atoms with van der Waals surface area (Å²) in [7, 11) is 1.79. The van der Waals surface area contributed by atoms with Crippen LogP contribution >= 0.6 is 0 Å². The first-order chi connectivity index (χ1) is 9.58. The largest absolute Gasteiger partial charge is 0.393 e. The highest BCUT2D eigenvalue weighted by Crippen LogP contribution is 2.19. The second-order valence-electron chi connectivity index (χ2n) is 5.27. The first kappa shape index (κ1) is 14.5. The molecule has 1 unspecified atom stereocenters. The number of carbonyl (C=O) groups excluding carboxylic acids is 1. The summed E-state index contributed by atoms with van der Waals surface area (Å²) >= 11 is 0. The van der Waals surface area contributed by atoms with Crippen LogP contribution in [-0.2, 0) is 11.2 Å². The molecule has 1 amide bonds. The van der Waals surface area contributed by atoms with Crippen molar-refractivity contribution in [1.82, 2.24) is 4.90 Å². The number of aliphatic hydroxyl groups excluding tert-OH is 1. The average Bonchev–Trinajstić information content (AvgIpc) is 2.45. The Morgan fingerprint density at radius 2 is 1.90 bits per heavy atom. The number of hydrogen-bond acceptors (Lipinski definition) is 2. The fourth-order valence-corrected chi connectivity index (χ4v) is 2.25. The summed E-state index contributed by atoms with van der Waals surface area (Å²) in [5.41, 5.74) is 1.05. The molecule has 0 saturated carbocycles. The van der Waals surface area contributed by atoms with Crippen molar-refractivity contribution >= 4 is 16.7 Å². The van der Waals surface area contributed by atoms with Crippen LogP contribution in [0, 0.1) is 0 Å². The van der Waals surface area contributed by atoms with Crippen LogP contribution in [0.4, 0.5) is 0 Å². The molecule has 20 heavy (non-hydrogen) atoms. The van der Waals surface area contributed by atoms with Crippen molar-refractivity contribution in [2.24, 2.45) is 0 Å². The summed E-state index contributed by atoms with van der Waals surface area (Å²) in [5, 5.41) is 11.6. The number of fused-ring (bicyclic) bond motifs is 1. The van der Waals surface area contributed by atoms with Crippen molar-refractivity contribution in [2.75, 3.05) is 13.6 Å². The average molecular weight is 271 g/mol. The van der Waals surface area contributed by atoms with Crippen LogP contribution in [0.3, 0.4) is 0 Å². The predicted octanol–water partition coefficient (Wildman–Crippen LogP) is 2.61. The van der Waals surface area contributed by atoms with Gasteiger partial charge in [-0.25, -0.2) is 0 Å². The van der Waals surface area contributed by atoms with E-state index in [0.717, 1.165) is 16.3 Å². The van der Waals surface area contributed by atoms with Gasteiger partial charge < -0.3 is 10.0 Å². The highest BCUT2D eigenvalue weighted by atomic mass is 16.3. The van der Waals surface area contributed by atoms with Crippen molar-refractivity contribution in [1.29, 1.82) is 0 Å². The maximum absolute atomic E-state index is 12.2. The van der Waals surface area contributed by atoms with E-state index in [-0.39, 0.29) is 12.0 Å². The Morgan fingerprint density at radius 3 is 2.65 bits per heavy atom. The Morgan fingerprint density at radius 1 is 1.20 bits per heavy atom. The van der Waals surface area contributed by atoms with E-state index in [9.17, 15) is 9.90 Å². The molecule has 2 rings (SSSR count). The molecule has 1 N–H and O–H groups in total. The maximum Gasteiger partial charge on any atom is 0.226 e. The lowest BCUT2D eigenvalue weighted by Gasteiger charge is -2.18. The lowest BCUT2D eigenvalue weighted by Crippen LogP contribution is -2.30. The van der Waals surface area contributed by atoms with E-state index >= 15 is 0 Å². The second kappa shape index (κ2) is 6.53. The van der Waals surface area contributed by atoms with E-state index in [1.165, 1.54) is 0 Å². The Balaban J connectivity index is 2.10. The molecule has 3 heteroatoms. The van der Waals surface area contributed by atoms with Gasteiger partial charge in [0.15, 0.2) is 0 Å². The van der Waals surface area contributed by atoms with Gasteiger partial charge in [-0.1, -0.05) is 42.5 Å². The molecule has 0 fully saturated rings. The van der Waals surface area contributed by atoms with E-state index in [1.54, 1.807) is 18.9 Å². The molecule has 2 aromatic carbocycles. The minimum absolute atomic E-state index is 0.0852. The molecular weight excluding hydrogens is 250 g/mol. The predicted molar refractivity (Wildman–Crippen MR) is 81.6 cm³/mol. The number of aliphatic hydroxyl groups is 1. The van der Waals surface area contributed by atoms with Gasteiger partial charge in [0.05, 0.1) is 12.5 Å². The van der Waals surface area contributed by atoms with E-state index in [2.05, 4.69) is 12.1 Å². The quantitative estimate of drug-likeness (QED) is 0.908. The van der Waals surface area contributed by atoms with Crippen LogP contribution < -0.4 is 0 Å². The maximum atomic E-state index is 12.2. The van der Waals surface area contributed by atoms with Gasteiger partial charge in [0.2, 0.25) is 5.91 Å². The van der Waals surface area contributed by atoms with Crippen LogP contribution in [0.2, 0.25) is 0 Å². The topological polar surface area (TPSA) is 40.5 Å². The first-order valence-corrected chi connectivity index (χ1v) is 6.96. The third-order valence-corrected chi connectivity index (χ3v) is 3.53. The van der Waals surface area contributed by atoms with Crippen LogP contribution in [0.15, 0.2) is 42.5 Å². The number of amides is 1. The molecule has 0 aliphatic carbocycles. The Bertz CT molecular complexity index is 587. The van der Waals surface area contributed by atoms with Gasteiger partial charge in [-0.3, -0.25) is 4.79 Å². The smallest absolute Gasteiger partial charge is 0.226 e. The van der Waals surface area contributed by atoms with E-state index in [4.69, 9.17) is 0 Å². The fourth-order valence-electron chi connectivity index (χ4n) is 2.25. The van der Waals surface area contributed by atoms with Crippen molar-refractivity contribution in [2.45, 2.75) is 25.9 Å². The molecule has 3 nitrogen and oxygen atoms in total. The standard InChI is InChI=1S/C17H21NO2/c1-13(19)10-11-18(2)17(20)12-15-8-5-7-14-6-3-4-9-16(14)15/h3-9,13,19H,10-12H2,1-2H3. The number of benzene rings is 2. The van der Waals surface area contributed by atoms with Gasteiger partial charge >= 0.3 is 0 Å². The van der Waals surface area contributed by atoms with Crippen molar-refractivity contribution in [3.8, 4) is 0 Å². The molecule has 0 spiro atoms. The van der Waals surface area contributed by atoms with E-state index in [0.29, 0.717) is 19.4 Å². The highest BCUT2D eigenvalue weighted by Gasteiger charge is 2.12. The van der Waals surface area contributed by atoms with Crippen LogP contribution in [0.1, 0.15) is 18.9 Å². The van der Waals surface area contributed by atoms with Crippen molar-refractivity contribution < 1.29 is 9.90 Å². The lowest BCUT2D eigenvalue weighted by atomic mass is 10.0. The summed E-state index contributed by atoms with van der Waals surface area (Å²) < 4.78 is 0. The summed E-state index contributed by atoms with van der Waals surface area (Å²) in [4.78, 5) is 13.9. The normalized spacial score (nSPS) is 12.3. The number of nitrogens with zero attached hydrogens (tertiary/aromatic N) is 1. The summed E-state index contributed by atoms with van der Waals surface area (Å²) in [6.07, 6.45) is 0.637. The van der Waals surface area contributed by atoms with Gasteiger partial charge in [-0.2, -0.15) is 0 Å². The van der Waals surface area contributed by atoms with Crippen molar-refractivity contribution in [3.63, 3.8) is 0 Å². The molecule has 0 heterocycles. The van der Waals surface area contributed by atoms with Gasteiger partial charge in [0.25, 0.3) is 0 Å². The third kappa shape index (κ3) is 3.58. The molecule has 106 valence electrons. The number of rotatable bonds is 5. The summed E-state index contributed by atoms with van der Waals surface area (Å²) in [6, 6.07) is 14.1. The molecule has 0 bridgehead atoms. The Labute approximate surface area is 119 Å². The zero-order valence-corrected chi connectivity index (χ0v) is 12.0. The molecule has 0 aromatic heterocycles. The zero-order chi connectivity index (χ0) is 14.5. The van der Waals surface area contributed by atoms with Crippen LogP contribution in [0.25, 0.3) is 10.8 Å². The molecule has 0 aliphatic heterocycles. The monoisotopic (exact) mass is 271 g/mol. The molecule has 1 atom stereocenters. The minimum atomic E-state index is -0.372. The summed E-state index contributed by atoms with van der Waals surface area (Å²) in [6.45, 7) is 2.32. The van der Waals surface area contributed by atoms with Gasteiger partial charge in [-0.15, -0.1) is 0 Å². The van der Waals surface area contributed by atoms with Gasteiger partial charge in [-0.05, 0) is 29.7 Å². The fraction of sp³-hybridized carbons (Fsp3) is 0.353. The summed E-state index contributed by atoms with van der Waals surface area (Å²) in [5.74, 6) is 0.0852. The molecular formula is C17H21NO2. The van der Waals surface area contributed by atoms with Crippen molar-refractivity contribution in [3.05, 3.63) is 48.0 Å². The van der Waals surface area contributed by atoms with E-state index in [1.807, 2.05) is 30.3 Å².